The number of hydrogen-bond donors (Lipinski definition) is 2. The van der Waals surface area contributed by atoms with Gasteiger partial charge >= 0.3 is 0 Å². The van der Waals surface area contributed by atoms with Crippen LogP contribution in [0.2, 0.25) is 0 Å². The van der Waals surface area contributed by atoms with E-state index in [1.165, 1.54) is 18.7 Å². The largest absolute Gasteiger partial charge is 0.340 e. The van der Waals surface area contributed by atoms with Crippen LogP contribution < -0.4 is 10.6 Å². The molecule has 0 saturated heterocycles. The number of aromatic nitrogens is 1. The number of ketones is 1. The highest BCUT2D eigenvalue weighted by atomic mass is 16.1. The maximum atomic E-state index is 12.4. The molecule has 0 bridgehead atoms. The minimum absolute atomic E-state index is 0.0267. The van der Waals surface area contributed by atoms with Gasteiger partial charge in [0.15, 0.2) is 5.78 Å². The van der Waals surface area contributed by atoms with E-state index in [0.29, 0.717) is 22.9 Å². The lowest BCUT2D eigenvalue weighted by Gasteiger charge is -2.09. The van der Waals surface area contributed by atoms with Gasteiger partial charge in [-0.3, -0.25) is 9.59 Å². The van der Waals surface area contributed by atoms with E-state index in [1.807, 2.05) is 36.4 Å². The predicted octanol–water partition coefficient (Wildman–Crippen LogP) is 5.40. The Hall–Kier alpha value is -3.47. The molecule has 1 heterocycles. The molecule has 5 heteroatoms. The number of rotatable bonds is 6. The second kappa shape index (κ2) is 8.48. The fraction of sp³-hybridized carbons (Fsp3) is 0.174. The number of Topliss-reactive ketones (excluding diaryl/α,β-unsaturated/α-hetero) is 1. The van der Waals surface area contributed by atoms with Gasteiger partial charge in [-0.25, -0.2) is 4.98 Å². The highest BCUT2D eigenvalue weighted by Crippen LogP contribution is 2.19. The zero-order valence-electron chi connectivity index (χ0n) is 16.2. The third-order valence-electron chi connectivity index (χ3n) is 4.42. The van der Waals surface area contributed by atoms with E-state index in [9.17, 15) is 9.59 Å². The molecule has 0 aliphatic heterocycles. The van der Waals surface area contributed by atoms with Crippen LogP contribution in [0.4, 0.5) is 17.2 Å². The fourth-order valence-corrected chi connectivity index (χ4v) is 2.69. The second-order valence-electron chi connectivity index (χ2n) is 6.92. The second-order valence-corrected chi connectivity index (χ2v) is 6.92. The Morgan fingerprint density at radius 3 is 1.96 bits per heavy atom. The van der Waals surface area contributed by atoms with E-state index in [4.69, 9.17) is 0 Å². The van der Waals surface area contributed by atoms with Crippen LogP contribution in [0.5, 0.6) is 0 Å². The van der Waals surface area contributed by atoms with Crippen LogP contribution in [-0.4, -0.2) is 16.7 Å². The van der Waals surface area contributed by atoms with Gasteiger partial charge in [-0.05, 0) is 66.9 Å². The molecule has 0 aliphatic rings. The number of amides is 1. The third-order valence-corrected chi connectivity index (χ3v) is 4.42. The number of nitrogens with zero attached hydrogens (tertiary/aromatic N) is 1. The summed E-state index contributed by atoms with van der Waals surface area (Å²) in [5.74, 6) is 0.891. The first-order valence-corrected chi connectivity index (χ1v) is 9.18. The molecule has 142 valence electrons. The van der Waals surface area contributed by atoms with Gasteiger partial charge in [0.1, 0.15) is 5.82 Å². The minimum Gasteiger partial charge on any atom is -0.340 e. The average Bonchev–Trinajstić information content (AvgIpc) is 2.69. The monoisotopic (exact) mass is 373 g/mol. The molecule has 0 aliphatic carbocycles. The van der Waals surface area contributed by atoms with Crippen LogP contribution in [0.25, 0.3) is 0 Å². The van der Waals surface area contributed by atoms with Crippen LogP contribution in [-0.2, 0) is 0 Å². The highest BCUT2D eigenvalue weighted by molar-refractivity contribution is 6.04. The summed E-state index contributed by atoms with van der Waals surface area (Å²) in [5, 5.41) is 6.03. The number of benzene rings is 2. The molecule has 1 amide bonds. The summed E-state index contributed by atoms with van der Waals surface area (Å²) in [6, 6.07) is 18.5. The van der Waals surface area contributed by atoms with Crippen LogP contribution >= 0.6 is 0 Å². The van der Waals surface area contributed by atoms with Gasteiger partial charge in [-0.15, -0.1) is 0 Å². The van der Waals surface area contributed by atoms with E-state index in [0.717, 1.165) is 11.4 Å². The van der Waals surface area contributed by atoms with Crippen LogP contribution in [0, 0.1) is 0 Å². The zero-order chi connectivity index (χ0) is 20.1. The summed E-state index contributed by atoms with van der Waals surface area (Å²) in [6.07, 6.45) is 1.53. The van der Waals surface area contributed by atoms with Crippen LogP contribution in [0.1, 0.15) is 53.0 Å². The molecule has 1 aromatic heterocycles. The SMILES string of the molecule is CC(=O)c1ccc(Nc2ccc(C(=O)Nc3ccc(C(C)C)cc3)cn2)cc1. The zero-order valence-corrected chi connectivity index (χ0v) is 16.2. The predicted molar refractivity (Wildman–Crippen MR) is 112 cm³/mol. The van der Waals surface area contributed by atoms with Crippen molar-refractivity contribution in [1.82, 2.24) is 4.98 Å². The molecular weight excluding hydrogens is 350 g/mol. The summed E-state index contributed by atoms with van der Waals surface area (Å²) in [6.45, 7) is 5.80. The number of pyridine rings is 1. The Bertz CT molecular complexity index is 960. The minimum atomic E-state index is -0.206. The van der Waals surface area contributed by atoms with Gasteiger partial charge in [0, 0.05) is 23.1 Å². The van der Waals surface area contributed by atoms with Gasteiger partial charge in [0.05, 0.1) is 5.56 Å². The Balaban J connectivity index is 1.63. The van der Waals surface area contributed by atoms with Crippen LogP contribution in [0.3, 0.4) is 0 Å². The van der Waals surface area contributed by atoms with Crippen LogP contribution in [0.15, 0.2) is 66.9 Å². The quantitative estimate of drug-likeness (QED) is 0.567. The first-order valence-electron chi connectivity index (χ1n) is 9.18. The van der Waals surface area contributed by atoms with Crippen molar-refractivity contribution in [3.05, 3.63) is 83.6 Å². The average molecular weight is 373 g/mol. The number of anilines is 3. The molecule has 3 rings (SSSR count). The number of carbonyl (C=O) groups excluding carboxylic acids is 2. The van der Waals surface area contributed by atoms with E-state index in [1.54, 1.807) is 24.3 Å². The molecule has 0 atom stereocenters. The van der Waals surface area contributed by atoms with Crippen molar-refractivity contribution in [3.63, 3.8) is 0 Å². The molecular formula is C23H23N3O2. The van der Waals surface area contributed by atoms with E-state index < -0.39 is 0 Å². The Morgan fingerprint density at radius 1 is 0.821 bits per heavy atom. The van der Waals surface area contributed by atoms with Gasteiger partial charge in [0.25, 0.3) is 5.91 Å². The van der Waals surface area contributed by atoms with Crippen molar-refractivity contribution >= 4 is 28.9 Å². The van der Waals surface area contributed by atoms with Crippen molar-refractivity contribution in [3.8, 4) is 0 Å². The highest BCUT2D eigenvalue weighted by Gasteiger charge is 2.08. The summed E-state index contributed by atoms with van der Waals surface area (Å²) in [5.41, 5.74) is 3.94. The lowest BCUT2D eigenvalue weighted by molar-refractivity contribution is 0.101. The number of nitrogens with one attached hydrogen (secondary N) is 2. The number of carbonyl (C=O) groups is 2. The smallest absolute Gasteiger partial charge is 0.257 e. The Labute approximate surface area is 164 Å². The normalized spacial score (nSPS) is 10.6. The summed E-state index contributed by atoms with van der Waals surface area (Å²) in [4.78, 5) is 28.0. The van der Waals surface area contributed by atoms with Gasteiger partial charge in [-0.1, -0.05) is 26.0 Å². The number of hydrogen-bond acceptors (Lipinski definition) is 4. The standard InChI is InChI=1S/C23H23N3O2/c1-15(2)17-4-9-21(10-5-17)26-23(28)19-8-13-22(24-14-19)25-20-11-6-18(7-12-20)16(3)27/h4-15H,1-3H3,(H,24,25)(H,26,28). The summed E-state index contributed by atoms with van der Waals surface area (Å²) < 4.78 is 0. The first kappa shape index (κ1) is 19.3. The maximum Gasteiger partial charge on any atom is 0.257 e. The van der Waals surface area contributed by atoms with Crippen molar-refractivity contribution in [2.24, 2.45) is 0 Å². The topological polar surface area (TPSA) is 71.1 Å². The third kappa shape index (κ3) is 4.82. The first-order chi connectivity index (χ1) is 13.4. The molecule has 0 unspecified atom stereocenters. The van der Waals surface area contributed by atoms with Gasteiger partial charge in [-0.2, -0.15) is 0 Å². The molecule has 0 radical (unpaired) electrons. The maximum absolute atomic E-state index is 12.4. The molecule has 2 N–H and O–H groups in total. The fourth-order valence-electron chi connectivity index (χ4n) is 2.69. The van der Waals surface area contributed by atoms with Crippen molar-refractivity contribution in [2.45, 2.75) is 26.7 Å². The Kier molecular flexibility index (Phi) is 5.84. The van der Waals surface area contributed by atoms with Gasteiger partial charge < -0.3 is 10.6 Å². The molecule has 0 fully saturated rings. The molecule has 3 aromatic rings. The molecule has 0 saturated carbocycles. The Morgan fingerprint density at radius 2 is 1.43 bits per heavy atom. The lowest BCUT2D eigenvalue weighted by atomic mass is 10.0. The van der Waals surface area contributed by atoms with Crippen molar-refractivity contribution < 1.29 is 9.59 Å². The van der Waals surface area contributed by atoms with E-state index in [-0.39, 0.29) is 11.7 Å². The molecule has 5 nitrogen and oxygen atoms in total. The van der Waals surface area contributed by atoms with E-state index >= 15 is 0 Å². The molecule has 0 spiro atoms. The lowest BCUT2D eigenvalue weighted by Crippen LogP contribution is -2.12. The van der Waals surface area contributed by atoms with Crippen molar-refractivity contribution in [2.75, 3.05) is 10.6 Å². The summed E-state index contributed by atoms with van der Waals surface area (Å²) >= 11 is 0. The molecule has 28 heavy (non-hydrogen) atoms. The van der Waals surface area contributed by atoms with Crippen molar-refractivity contribution in [1.29, 1.82) is 0 Å². The summed E-state index contributed by atoms with van der Waals surface area (Å²) in [7, 11) is 0. The molecule has 2 aromatic carbocycles. The van der Waals surface area contributed by atoms with E-state index in [2.05, 4.69) is 29.5 Å². The van der Waals surface area contributed by atoms with Gasteiger partial charge in [0.2, 0.25) is 0 Å².